The van der Waals surface area contributed by atoms with Crippen LogP contribution in [0.2, 0.25) is 0 Å². The van der Waals surface area contributed by atoms with Gasteiger partial charge in [-0.2, -0.15) is 4.31 Å². The van der Waals surface area contributed by atoms with Gasteiger partial charge in [-0.05, 0) is 42.8 Å². The Morgan fingerprint density at radius 3 is 2.23 bits per heavy atom. The molecule has 0 aliphatic rings. The van der Waals surface area contributed by atoms with E-state index in [1.165, 1.54) is 35.7 Å². The van der Waals surface area contributed by atoms with Crippen LogP contribution in [0.3, 0.4) is 0 Å². The molecule has 142 valence electrons. The van der Waals surface area contributed by atoms with Crippen molar-refractivity contribution in [1.29, 1.82) is 0 Å². The van der Waals surface area contributed by atoms with E-state index in [4.69, 9.17) is 5.73 Å². The molecular formula is C18H23ClN2O4S. The van der Waals surface area contributed by atoms with Crippen LogP contribution in [0.4, 0.5) is 0 Å². The highest BCUT2D eigenvalue weighted by atomic mass is 35.5. The number of nitrogens with two attached hydrogens (primary N) is 1. The topological polar surface area (TPSA) is 89.7 Å². The van der Waals surface area contributed by atoms with Gasteiger partial charge in [-0.15, -0.1) is 12.4 Å². The normalized spacial score (nSPS) is 11.0. The van der Waals surface area contributed by atoms with Gasteiger partial charge in [-0.3, -0.25) is 0 Å². The van der Waals surface area contributed by atoms with E-state index in [9.17, 15) is 13.2 Å². The molecule has 2 aromatic carbocycles. The Kier molecular flexibility index (Phi) is 8.74. The first-order chi connectivity index (χ1) is 12.0. The van der Waals surface area contributed by atoms with Crippen LogP contribution in [0.15, 0.2) is 59.5 Å². The molecule has 0 aliphatic heterocycles. The lowest BCUT2D eigenvalue weighted by atomic mass is 10.2. The highest BCUT2D eigenvalue weighted by Crippen LogP contribution is 2.19. The number of methoxy groups -OCH3 is 1. The molecule has 2 aromatic rings. The number of hydrogen-bond acceptors (Lipinski definition) is 5. The summed E-state index contributed by atoms with van der Waals surface area (Å²) in [6.45, 7) is 0.997. The molecule has 26 heavy (non-hydrogen) atoms. The van der Waals surface area contributed by atoms with Crippen LogP contribution in [-0.4, -0.2) is 38.9 Å². The third kappa shape index (κ3) is 5.54. The number of carbonyl (C=O) groups is 1. The van der Waals surface area contributed by atoms with E-state index >= 15 is 0 Å². The van der Waals surface area contributed by atoms with Crippen molar-refractivity contribution in [2.24, 2.45) is 5.73 Å². The molecule has 0 amide bonds. The summed E-state index contributed by atoms with van der Waals surface area (Å²) >= 11 is 0. The van der Waals surface area contributed by atoms with Crippen molar-refractivity contribution in [1.82, 2.24) is 4.31 Å². The number of carbonyl (C=O) groups excluding carboxylic acids is 1. The summed E-state index contributed by atoms with van der Waals surface area (Å²) in [5.41, 5.74) is 6.75. The molecule has 0 spiro atoms. The molecule has 0 radical (unpaired) electrons. The van der Waals surface area contributed by atoms with Crippen LogP contribution < -0.4 is 5.73 Å². The number of nitrogens with zero attached hydrogens (tertiary/aromatic N) is 1. The third-order valence-electron chi connectivity index (χ3n) is 3.73. The highest BCUT2D eigenvalue weighted by molar-refractivity contribution is 7.89. The van der Waals surface area contributed by atoms with Crippen LogP contribution in [0.25, 0.3) is 0 Å². The number of halogens is 1. The number of esters is 1. The molecule has 0 bridgehead atoms. The van der Waals surface area contributed by atoms with Gasteiger partial charge >= 0.3 is 5.97 Å². The second-order valence-electron chi connectivity index (χ2n) is 5.48. The van der Waals surface area contributed by atoms with Crippen molar-refractivity contribution in [3.63, 3.8) is 0 Å². The van der Waals surface area contributed by atoms with E-state index in [-0.39, 0.29) is 23.8 Å². The number of benzene rings is 2. The van der Waals surface area contributed by atoms with Gasteiger partial charge in [-0.1, -0.05) is 30.3 Å². The fourth-order valence-corrected chi connectivity index (χ4v) is 3.84. The Bertz CT molecular complexity index is 796. The Morgan fingerprint density at radius 1 is 1.08 bits per heavy atom. The summed E-state index contributed by atoms with van der Waals surface area (Å²) in [6.07, 6.45) is 0.562. The second kappa shape index (κ2) is 10.3. The smallest absolute Gasteiger partial charge is 0.337 e. The predicted octanol–water partition coefficient (Wildman–Crippen LogP) is 2.43. The molecule has 0 aliphatic carbocycles. The van der Waals surface area contributed by atoms with Crippen LogP contribution in [0, 0.1) is 0 Å². The Balaban J connectivity index is 0.00000338. The first kappa shape index (κ1) is 22.1. The van der Waals surface area contributed by atoms with Gasteiger partial charge in [0.25, 0.3) is 0 Å². The lowest BCUT2D eigenvalue weighted by molar-refractivity contribution is 0.0600. The maximum Gasteiger partial charge on any atom is 0.337 e. The lowest BCUT2D eigenvalue weighted by Gasteiger charge is -2.22. The molecule has 0 atom stereocenters. The van der Waals surface area contributed by atoms with Crippen LogP contribution in [0.1, 0.15) is 22.3 Å². The van der Waals surface area contributed by atoms with E-state index in [2.05, 4.69) is 4.74 Å². The molecular weight excluding hydrogens is 376 g/mol. The van der Waals surface area contributed by atoms with Gasteiger partial charge in [0.2, 0.25) is 10.0 Å². The molecule has 6 nitrogen and oxygen atoms in total. The van der Waals surface area contributed by atoms with Gasteiger partial charge in [0.1, 0.15) is 0 Å². The number of sulfonamides is 1. The molecule has 0 unspecified atom stereocenters. The van der Waals surface area contributed by atoms with E-state index in [1.807, 2.05) is 30.3 Å². The van der Waals surface area contributed by atoms with Gasteiger partial charge in [0, 0.05) is 13.1 Å². The van der Waals surface area contributed by atoms with Crippen molar-refractivity contribution in [2.45, 2.75) is 17.9 Å². The van der Waals surface area contributed by atoms with E-state index in [0.29, 0.717) is 25.1 Å². The van der Waals surface area contributed by atoms with E-state index in [0.717, 1.165) is 5.56 Å². The minimum Gasteiger partial charge on any atom is -0.465 e. The minimum atomic E-state index is -3.70. The highest BCUT2D eigenvalue weighted by Gasteiger charge is 2.24. The summed E-state index contributed by atoms with van der Waals surface area (Å²) in [5, 5.41) is 0. The summed E-state index contributed by atoms with van der Waals surface area (Å²) in [7, 11) is -2.42. The molecule has 2 N–H and O–H groups in total. The molecule has 8 heteroatoms. The summed E-state index contributed by atoms with van der Waals surface area (Å²) in [4.78, 5) is 11.6. The maximum absolute atomic E-state index is 13.0. The third-order valence-corrected chi connectivity index (χ3v) is 5.59. The van der Waals surface area contributed by atoms with E-state index < -0.39 is 16.0 Å². The fraction of sp³-hybridized carbons (Fsp3) is 0.278. The standard InChI is InChI=1S/C18H22N2O4S.ClH/c1-24-18(21)16-8-10-17(11-9-16)25(22,23)20(13-5-12-19)14-15-6-3-2-4-7-15;/h2-4,6-11H,5,12-14,19H2,1H3;1H. The summed E-state index contributed by atoms with van der Waals surface area (Å²) < 4.78 is 32.0. The van der Waals surface area contributed by atoms with Crippen molar-refractivity contribution in [3.8, 4) is 0 Å². The molecule has 0 fully saturated rings. The number of ether oxygens (including phenoxy) is 1. The average Bonchev–Trinajstić information content (AvgIpc) is 2.65. The molecule has 0 heterocycles. The second-order valence-corrected chi connectivity index (χ2v) is 7.42. The maximum atomic E-state index is 13.0. The van der Waals surface area contributed by atoms with Crippen LogP contribution in [0.5, 0.6) is 0 Å². The quantitative estimate of drug-likeness (QED) is 0.690. The van der Waals surface area contributed by atoms with Crippen LogP contribution in [-0.2, 0) is 21.3 Å². The first-order valence-corrected chi connectivity index (χ1v) is 9.35. The largest absolute Gasteiger partial charge is 0.465 e. The Hall–Kier alpha value is -1.93. The van der Waals surface area contributed by atoms with Crippen molar-refractivity contribution in [3.05, 3.63) is 65.7 Å². The van der Waals surface area contributed by atoms with Gasteiger partial charge < -0.3 is 10.5 Å². The zero-order valence-electron chi connectivity index (χ0n) is 14.5. The minimum absolute atomic E-state index is 0. The van der Waals surface area contributed by atoms with Gasteiger partial charge in [0.05, 0.1) is 17.6 Å². The molecule has 0 saturated heterocycles. The molecule has 0 aromatic heterocycles. The summed E-state index contributed by atoms with van der Waals surface area (Å²) in [6, 6.07) is 15.1. The van der Waals surface area contributed by atoms with Crippen LogP contribution >= 0.6 is 12.4 Å². The Morgan fingerprint density at radius 2 is 1.69 bits per heavy atom. The van der Waals surface area contributed by atoms with Crippen molar-refractivity contribution in [2.75, 3.05) is 20.2 Å². The molecule has 2 rings (SSSR count). The lowest BCUT2D eigenvalue weighted by Crippen LogP contribution is -2.32. The van der Waals surface area contributed by atoms with E-state index in [1.54, 1.807) is 0 Å². The van der Waals surface area contributed by atoms with Crippen molar-refractivity contribution < 1.29 is 17.9 Å². The summed E-state index contributed by atoms with van der Waals surface area (Å²) in [5.74, 6) is -0.506. The van der Waals surface area contributed by atoms with Gasteiger partial charge in [-0.25, -0.2) is 13.2 Å². The first-order valence-electron chi connectivity index (χ1n) is 7.91. The zero-order chi connectivity index (χ0) is 18.3. The number of rotatable bonds is 8. The monoisotopic (exact) mass is 398 g/mol. The zero-order valence-corrected chi connectivity index (χ0v) is 16.1. The average molecular weight is 399 g/mol. The SMILES string of the molecule is COC(=O)c1ccc(S(=O)(=O)N(CCCN)Cc2ccccc2)cc1.Cl. The van der Waals surface area contributed by atoms with Crippen molar-refractivity contribution >= 4 is 28.4 Å². The van der Waals surface area contributed by atoms with Gasteiger partial charge in [0.15, 0.2) is 0 Å². The Labute approximate surface area is 160 Å². The fourth-order valence-electron chi connectivity index (χ4n) is 2.37. The predicted molar refractivity (Wildman–Crippen MR) is 103 cm³/mol. The number of hydrogen-bond donors (Lipinski definition) is 1. The molecule has 0 saturated carbocycles.